The first kappa shape index (κ1) is 24.4. The number of hydrogen-bond acceptors (Lipinski definition) is 6. The molecule has 168 valence electrons. The Kier molecular flexibility index (Phi) is 10.3. The van der Waals surface area contributed by atoms with E-state index in [2.05, 4.69) is 27.7 Å². The Morgan fingerprint density at radius 3 is 2.33 bits per heavy atom. The third kappa shape index (κ3) is 7.73. The van der Waals surface area contributed by atoms with Crippen LogP contribution in [0, 0.1) is 11.8 Å². The van der Waals surface area contributed by atoms with Gasteiger partial charge in [-0.1, -0.05) is 46.6 Å². The SMILES string of the molecule is CCCCC(CC)C1OCC(OC(=O)c2cccc(C(=O)OCCC(C)C)c2)CO1. The van der Waals surface area contributed by atoms with Gasteiger partial charge in [0.15, 0.2) is 6.29 Å². The molecule has 1 unspecified atom stereocenters. The minimum Gasteiger partial charge on any atom is -0.462 e. The molecule has 0 N–H and O–H groups in total. The van der Waals surface area contributed by atoms with Gasteiger partial charge in [-0.05, 0) is 43.4 Å². The predicted octanol–water partition coefficient (Wildman–Crippen LogP) is 5.00. The van der Waals surface area contributed by atoms with Gasteiger partial charge >= 0.3 is 11.9 Å². The van der Waals surface area contributed by atoms with Crippen molar-refractivity contribution in [2.75, 3.05) is 19.8 Å². The van der Waals surface area contributed by atoms with E-state index in [1.807, 2.05) is 0 Å². The Labute approximate surface area is 180 Å². The molecule has 1 aliphatic heterocycles. The van der Waals surface area contributed by atoms with Crippen molar-refractivity contribution < 1.29 is 28.5 Å². The number of benzene rings is 1. The monoisotopic (exact) mass is 420 g/mol. The summed E-state index contributed by atoms with van der Waals surface area (Å²) in [6, 6.07) is 6.41. The number of rotatable bonds is 11. The van der Waals surface area contributed by atoms with Crippen molar-refractivity contribution >= 4 is 11.9 Å². The summed E-state index contributed by atoms with van der Waals surface area (Å²) in [6.07, 6.45) is 4.47. The molecule has 0 spiro atoms. The van der Waals surface area contributed by atoms with Crippen LogP contribution in [0.4, 0.5) is 0 Å². The minimum absolute atomic E-state index is 0.236. The number of esters is 2. The van der Waals surface area contributed by atoms with Gasteiger partial charge < -0.3 is 18.9 Å². The molecule has 0 amide bonds. The van der Waals surface area contributed by atoms with Crippen molar-refractivity contribution in [1.82, 2.24) is 0 Å². The Morgan fingerprint density at radius 1 is 1.07 bits per heavy atom. The molecule has 0 saturated carbocycles. The van der Waals surface area contributed by atoms with Crippen LogP contribution in [0.3, 0.4) is 0 Å². The molecule has 0 aliphatic carbocycles. The molecule has 0 aromatic heterocycles. The van der Waals surface area contributed by atoms with Crippen molar-refractivity contribution in [2.24, 2.45) is 11.8 Å². The van der Waals surface area contributed by atoms with Crippen LogP contribution in [-0.2, 0) is 18.9 Å². The molecule has 6 heteroatoms. The zero-order chi connectivity index (χ0) is 21.9. The fraction of sp³-hybridized carbons (Fsp3) is 0.667. The molecule has 6 nitrogen and oxygen atoms in total. The Hall–Kier alpha value is -1.92. The molecular formula is C24H36O6. The lowest BCUT2D eigenvalue weighted by molar-refractivity contribution is -0.238. The van der Waals surface area contributed by atoms with Crippen molar-refractivity contribution in [3.8, 4) is 0 Å². The van der Waals surface area contributed by atoms with Crippen LogP contribution in [0.5, 0.6) is 0 Å². The lowest BCUT2D eigenvalue weighted by atomic mass is 9.98. The second kappa shape index (κ2) is 12.7. The van der Waals surface area contributed by atoms with E-state index in [0.717, 1.165) is 32.1 Å². The molecule has 30 heavy (non-hydrogen) atoms. The van der Waals surface area contributed by atoms with E-state index in [1.165, 1.54) is 6.07 Å². The molecular weight excluding hydrogens is 384 g/mol. The van der Waals surface area contributed by atoms with Crippen LogP contribution in [0.1, 0.15) is 80.5 Å². The Balaban J connectivity index is 1.84. The second-order valence-electron chi connectivity index (χ2n) is 8.27. The number of carbonyl (C=O) groups is 2. The number of ether oxygens (including phenoxy) is 4. The van der Waals surface area contributed by atoms with Crippen LogP contribution in [0.15, 0.2) is 24.3 Å². The smallest absolute Gasteiger partial charge is 0.338 e. The highest BCUT2D eigenvalue weighted by molar-refractivity contribution is 5.95. The standard InChI is InChI=1S/C24H36O6/c1-5-7-9-18(6-2)24-28-15-21(16-29-24)30-23(26)20-11-8-10-19(14-20)22(25)27-13-12-17(3)4/h8,10-11,14,17-18,21,24H,5-7,9,12-13,15-16H2,1-4H3. The first-order valence-corrected chi connectivity index (χ1v) is 11.2. The second-order valence-corrected chi connectivity index (χ2v) is 8.27. The summed E-state index contributed by atoms with van der Waals surface area (Å²) in [5, 5.41) is 0. The van der Waals surface area contributed by atoms with Crippen molar-refractivity contribution in [3.05, 3.63) is 35.4 Å². The molecule has 1 heterocycles. The number of carbonyl (C=O) groups excluding carboxylic acids is 2. The van der Waals surface area contributed by atoms with Gasteiger partial charge in [-0.25, -0.2) is 9.59 Å². The maximum absolute atomic E-state index is 12.5. The van der Waals surface area contributed by atoms with E-state index in [-0.39, 0.29) is 6.29 Å². The van der Waals surface area contributed by atoms with E-state index >= 15 is 0 Å². The normalized spacial score (nSPS) is 20.0. The molecule has 0 radical (unpaired) electrons. The van der Waals surface area contributed by atoms with Crippen LogP contribution in [0.25, 0.3) is 0 Å². The first-order valence-electron chi connectivity index (χ1n) is 11.2. The molecule has 1 saturated heterocycles. The Bertz CT molecular complexity index is 663. The summed E-state index contributed by atoms with van der Waals surface area (Å²) < 4.78 is 22.5. The lowest BCUT2D eigenvalue weighted by Gasteiger charge is -2.33. The first-order chi connectivity index (χ1) is 14.4. The lowest BCUT2D eigenvalue weighted by Crippen LogP contribution is -2.41. The third-order valence-corrected chi connectivity index (χ3v) is 5.27. The highest BCUT2D eigenvalue weighted by Gasteiger charge is 2.30. The van der Waals surface area contributed by atoms with Gasteiger partial charge in [0.25, 0.3) is 0 Å². The molecule has 1 aliphatic rings. The molecule has 2 rings (SSSR count). The maximum Gasteiger partial charge on any atom is 0.338 e. The highest BCUT2D eigenvalue weighted by Crippen LogP contribution is 2.24. The zero-order valence-corrected chi connectivity index (χ0v) is 18.7. The van der Waals surface area contributed by atoms with Crippen molar-refractivity contribution in [2.45, 2.75) is 72.2 Å². The van der Waals surface area contributed by atoms with Gasteiger partial charge in [-0.2, -0.15) is 0 Å². The fourth-order valence-corrected chi connectivity index (χ4v) is 3.30. The largest absolute Gasteiger partial charge is 0.462 e. The fourth-order valence-electron chi connectivity index (χ4n) is 3.30. The van der Waals surface area contributed by atoms with Crippen LogP contribution >= 0.6 is 0 Å². The molecule has 1 atom stereocenters. The van der Waals surface area contributed by atoms with Crippen LogP contribution in [0.2, 0.25) is 0 Å². The molecule has 1 aromatic rings. The van der Waals surface area contributed by atoms with E-state index in [1.54, 1.807) is 18.2 Å². The van der Waals surface area contributed by atoms with Gasteiger partial charge in [0.1, 0.15) is 6.10 Å². The maximum atomic E-state index is 12.5. The third-order valence-electron chi connectivity index (χ3n) is 5.27. The average molecular weight is 421 g/mol. The summed E-state index contributed by atoms with van der Waals surface area (Å²) in [6.45, 7) is 9.44. The van der Waals surface area contributed by atoms with E-state index in [4.69, 9.17) is 18.9 Å². The van der Waals surface area contributed by atoms with Gasteiger partial charge in [-0.15, -0.1) is 0 Å². The van der Waals surface area contributed by atoms with E-state index < -0.39 is 18.0 Å². The highest BCUT2D eigenvalue weighted by atomic mass is 16.7. The van der Waals surface area contributed by atoms with E-state index in [0.29, 0.717) is 42.8 Å². The topological polar surface area (TPSA) is 71.1 Å². The molecule has 0 bridgehead atoms. The predicted molar refractivity (Wildman–Crippen MR) is 114 cm³/mol. The number of hydrogen-bond donors (Lipinski definition) is 0. The average Bonchev–Trinajstić information content (AvgIpc) is 2.75. The van der Waals surface area contributed by atoms with Gasteiger partial charge in [0.05, 0.1) is 30.9 Å². The molecule has 1 fully saturated rings. The zero-order valence-electron chi connectivity index (χ0n) is 18.7. The van der Waals surface area contributed by atoms with Crippen LogP contribution < -0.4 is 0 Å². The summed E-state index contributed by atoms with van der Waals surface area (Å²) in [5.74, 6) is -0.117. The summed E-state index contributed by atoms with van der Waals surface area (Å²) in [4.78, 5) is 24.7. The minimum atomic E-state index is -0.500. The quantitative estimate of drug-likeness (QED) is 0.469. The van der Waals surface area contributed by atoms with Crippen molar-refractivity contribution in [3.63, 3.8) is 0 Å². The summed E-state index contributed by atoms with van der Waals surface area (Å²) in [5.41, 5.74) is 0.649. The summed E-state index contributed by atoms with van der Waals surface area (Å²) >= 11 is 0. The van der Waals surface area contributed by atoms with E-state index in [9.17, 15) is 9.59 Å². The van der Waals surface area contributed by atoms with Gasteiger partial charge in [-0.3, -0.25) is 0 Å². The van der Waals surface area contributed by atoms with Crippen molar-refractivity contribution in [1.29, 1.82) is 0 Å². The van der Waals surface area contributed by atoms with Gasteiger partial charge in [0.2, 0.25) is 0 Å². The van der Waals surface area contributed by atoms with Gasteiger partial charge in [0, 0.05) is 5.92 Å². The Morgan fingerprint density at radius 2 is 1.73 bits per heavy atom. The summed E-state index contributed by atoms with van der Waals surface area (Å²) in [7, 11) is 0. The van der Waals surface area contributed by atoms with Crippen LogP contribution in [-0.4, -0.2) is 44.2 Å². The number of unbranched alkanes of at least 4 members (excludes halogenated alkanes) is 1. The molecule has 1 aromatic carbocycles.